The summed E-state index contributed by atoms with van der Waals surface area (Å²) in [6.45, 7) is 8.44. The molecule has 0 saturated carbocycles. The Kier molecular flexibility index (Phi) is 7.07. The molecule has 0 aromatic carbocycles. The number of hydrogen-bond acceptors (Lipinski definition) is 3. The molecule has 0 fully saturated rings. The Morgan fingerprint density at radius 3 is 3.18 bits per heavy atom. The van der Waals surface area contributed by atoms with Crippen LogP contribution in [0.5, 0.6) is 5.75 Å². The summed E-state index contributed by atoms with van der Waals surface area (Å²) in [4.78, 5) is 4.10. The number of nitrogens with zero attached hydrogens (tertiary/aromatic N) is 1. The zero-order valence-corrected chi connectivity index (χ0v) is 10.6. The molecule has 0 atom stereocenters. The summed E-state index contributed by atoms with van der Waals surface area (Å²) >= 11 is 0. The molecule has 3 nitrogen and oxygen atoms in total. The maximum atomic E-state index is 5.72. The van der Waals surface area contributed by atoms with Crippen LogP contribution in [0, 0.1) is 0 Å². The molecular formula is C14H22N2O. The summed E-state index contributed by atoms with van der Waals surface area (Å²) < 4.78 is 5.72. The molecule has 94 valence electrons. The lowest BCUT2D eigenvalue weighted by Gasteiger charge is -2.11. The van der Waals surface area contributed by atoms with E-state index in [4.69, 9.17) is 4.74 Å². The first kappa shape index (κ1) is 13.7. The molecule has 1 N–H and O–H groups in total. The summed E-state index contributed by atoms with van der Waals surface area (Å²) in [6, 6.07) is 2.01. The van der Waals surface area contributed by atoms with Crippen LogP contribution < -0.4 is 10.1 Å². The summed E-state index contributed by atoms with van der Waals surface area (Å²) in [7, 11) is 0. The third kappa shape index (κ3) is 5.50. The summed E-state index contributed by atoms with van der Waals surface area (Å²) in [5.41, 5.74) is 1.17. The van der Waals surface area contributed by atoms with Crippen LogP contribution in [0.3, 0.4) is 0 Å². The highest BCUT2D eigenvalue weighted by molar-refractivity contribution is 5.29. The van der Waals surface area contributed by atoms with Crippen molar-refractivity contribution in [3.63, 3.8) is 0 Å². The fourth-order valence-electron chi connectivity index (χ4n) is 1.49. The second kappa shape index (κ2) is 8.76. The van der Waals surface area contributed by atoms with Gasteiger partial charge in [0.1, 0.15) is 5.75 Å². The van der Waals surface area contributed by atoms with Crippen molar-refractivity contribution in [3.05, 3.63) is 36.7 Å². The van der Waals surface area contributed by atoms with E-state index < -0.39 is 0 Å². The minimum Gasteiger partial charge on any atom is -0.492 e. The zero-order chi connectivity index (χ0) is 12.3. The normalized spacial score (nSPS) is 10.2. The van der Waals surface area contributed by atoms with E-state index in [0.717, 1.165) is 44.7 Å². The van der Waals surface area contributed by atoms with Gasteiger partial charge >= 0.3 is 0 Å². The van der Waals surface area contributed by atoms with Crippen molar-refractivity contribution in [2.75, 3.05) is 13.2 Å². The molecule has 1 aromatic heterocycles. The Hall–Kier alpha value is -1.35. The van der Waals surface area contributed by atoms with Crippen molar-refractivity contribution in [2.45, 2.75) is 32.7 Å². The van der Waals surface area contributed by atoms with Gasteiger partial charge in [0.2, 0.25) is 0 Å². The third-order valence-corrected chi connectivity index (χ3v) is 2.42. The van der Waals surface area contributed by atoms with Crippen molar-refractivity contribution >= 4 is 0 Å². The van der Waals surface area contributed by atoms with Crippen LogP contribution >= 0.6 is 0 Å². The minimum absolute atomic E-state index is 0.721. The number of pyridine rings is 1. The van der Waals surface area contributed by atoms with E-state index in [1.165, 1.54) is 5.56 Å². The number of unbranched alkanes of at least 4 members (excludes halogenated alkanes) is 1. The average Bonchev–Trinajstić information content (AvgIpc) is 2.36. The molecular weight excluding hydrogens is 212 g/mol. The maximum Gasteiger partial charge on any atom is 0.142 e. The van der Waals surface area contributed by atoms with Crippen LogP contribution in [0.25, 0.3) is 0 Å². The monoisotopic (exact) mass is 234 g/mol. The number of nitrogens with one attached hydrogen (secondary N) is 1. The van der Waals surface area contributed by atoms with Gasteiger partial charge in [0.05, 0.1) is 12.8 Å². The van der Waals surface area contributed by atoms with Gasteiger partial charge in [-0.05, 0) is 31.9 Å². The number of ether oxygens (including phenoxy) is 1. The number of rotatable bonds is 9. The fourth-order valence-corrected chi connectivity index (χ4v) is 1.49. The molecule has 0 aliphatic rings. The average molecular weight is 234 g/mol. The Balaban J connectivity index is 2.42. The van der Waals surface area contributed by atoms with Crippen LogP contribution in [0.2, 0.25) is 0 Å². The first-order valence-electron chi connectivity index (χ1n) is 6.25. The van der Waals surface area contributed by atoms with Gasteiger partial charge in [-0.1, -0.05) is 13.0 Å². The van der Waals surface area contributed by atoms with Gasteiger partial charge in [0, 0.05) is 18.3 Å². The maximum absolute atomic E-state index is 5.72. The Morgan fingerprint density at radius 1 is 1.53 bits per heavy atom. The number of aromatic nitrogens is 1. The lowest BCUT2D eigenvalue weighted by Crippen LogP contribution is -2.15. The van der Waals surface area contributed by atoms with Crippen LogP contribution in [-0.2, 0) is 6.54 Å². The Bertz CT molecular complexity index is 326. The minimum atomic E-state index is 0.721. The molecule has 0 radical (unpaired) electrons. The summed E-state index contributed by atoms with van der Waals surface area (Å²) in [5.74, 6) is 0.889. The topological polar surface area (TPSA) is 34.1 Å². The van der Waals surface area contributed by atoms with Crippen LogP contribution in [0.4, 0.5) is 0 Å². The van der Waals surface area contributed by atoms with Gasteiger partial charge in [-0.3, -0.25) is 4.98 Å². The lowest BCUT2D eigenvalue weighted by molar-refractivity contribution is 0.307. The van der Waals surface area contributed by atoms with Crippen molar-refractivity contribution in [1.29, 1.82) is 0 Å². The zero-order valence-electron chi connectivity index (χ0n) is 10.6. The fraction of sp³-hybridized carbons (Fsp3) is 0.500. The van der Waals surface area contributed by atoms with E-state index in [-0.39, 0.29) is 0 Å². The first-order chi connectivity index (χ1) is 8.38. The Morgan fingerprint density at radius 2 is 2.41 bits per heavy atom. The SMILES string of the molecule is C=CCCCOc1cnccc1CNCCC. The summed E-state index contributed by atoms with van der Waals surface area (Å²) in [5, 5.41) is 3.37. The van der Waals surface area contributed by atoms with Crippen LogP contribution in [0.15, 0.2) is 31.1 Å². The van der Waals surface area contributed by atoms with E-state index in [2.05, 4.69) is 23.8 Å². The first-order valence-corrected chi connectivity index (χ1v) is 6.25. The molecule has 3 heteroatoms. The van der Waals surface area contributed by atoms with Crippen molar-refractivity contribution in [3.8, 4) is 5.75 Å². The van der Waals surface area contributed by atoms with Gasteiger partial charge in [-0.25, -0.2) is 0 Å². The molecule has 0 amide bonds. The van der Waals surface area contributed by atoms with Crippen molar-refractivity contribution in [1.82, 2.24) is 10.3 Å². The van der Waals surface area contributed by atoms with Gasteiger partial charge in [-0.15, -0.1) is 6.58 Å². The standard InChI is InChI=1S/C14H22N2O/c1-3-5-6-10-17-14-12-16-9-7-13(14)11-15-8-4-2/h3,7,9,12,15H,1,4-6,8,10-11H2,2H3. The quantitative estimate of drug-likeness (QED) is 0.527. The summed E-state index contributed by atoms with van der Waals surface area (Å²) in [6.07, 6.45) is 8.64. The molecule has 0 spiro atoms. The molecule has 0 aliphatic carbocycles. The third-order valence-electron chi connectivity index (χ3n) is 2.42. The smallest absolute Gasteiger partial charge is 0.142 e. The van der Waals surface area contributed by atoms with E-state index >= 15 is 0 Å². The van der Waals surface area contributed by atoms with Gasteiger partial charge in [0.25, 0.3) is 0 Å². The van der Waals surface area contributed by atoms with Gasteiger partial charge in [0.15, 0.2) is 0 Å². The molecule has 0 bridgehead atoms. The van der Waals surface area contributed by atoms with Crippen LogP contribution in [0.1, 0.15) is 31.7 Å². The number of allylic oxidation sites excluding steroid dienone is 1. The highest BCUT2D eigenvalue weighted by Gasteiger charge is 2.02. The van der Waals surface area contributed by atoms with Gasteiger partial charge in [-0.2, -0.15) is 0 Å². The molecule has 0 aliphatic heterocycles. The van der Waals surface area contributed by atoms with Crippen molar-refractivity contribution in [2.24, 2.45) is 0 Å². The van der Waals surface area contributed by atoms with Crippen molar-refractivity contribution < 1.29 is 4.74 Å². The number of hydrogen-bond donors (Lipinski definition) is 1. The highest BCUT2D eigenvalue weighted by Crippen LogP contribution is 2.16. The molecule has 0 unspecified atom stereocenters. The molecule has 17 heavy (non-hydrogen) atoms. The predicted molar refractivity (Wildman–Crippen MR) is 71.2 cm³/mol. The second-order valence-corrected chi connectivity index (χ2v) is 3.94. The van der Waals surface area contributed by atoms with E-state index in [1.807, 2.05) is 12.1 Å². The molecule has 1 rings (SSSR count). The highest BCUT2D eigenvalue weighted by atomic mass is 16.5. The Labute approximate surface area is 104 Å². The van der Waals surface area contributed by atoms with E-state index in [9.17, 15) is 0 Å². The predicted octanol–water partition coefficient (Wildman–Crippen LogP) is 2.93. The second-order valence-electron chi connectivity index (χ2n) is 3.94. The molecule has 0 saturated heterocycles. The van der Waals surface area contributed by atoms with Crippen LogP contribution in [-0.4, -0.2) is 18.1 Å². The van der Waals surface area contributed by atoms with E-state index in [0.29, 0.717) is 0 Å². The largest absolute Gasteiger partial charge is 0.492 e. The van der Waals surface area contributed by atoms with Gasteiger partial charge < -0.3 is 10.1 Å². The van der Waals surface area contributed by atoms with E-state index in [1.54, 1.807) is 12.4 Å². The molecule has 1 aromatic rings. The molecule has 1 heterocycles. The lowest BCUT2D eigenvalue weighted by atomic mass is 10.2.